The second-order valence-corrected chi connectivity index (χ2v) is 6.16. The van der Waals surface area contributed by atoms with Gasteiger partial charge in [0.1, 0.15) is 11.2 Å². The number of benzene rings is 2. The number of furan rings is 2. The van der Waals surface area contributed by atoms with Gasteiger partial charge in [0.05, 0.1) is 11.8 Å². The molecule has 0 saturated carbocycles. The van der Waals surface area contributed by atoms with Crippen molar-refractivity contribution in [1.29, 1.82) is 0 Å². The molecule has 0 radical (unpaired) electrons. The van der Waals surface area contributed by atoms with E-state index in [2.05, 4.69) is 5.32 Å². The molecule has 0 unspecified atom stereocenters. The van der Waals surface area contributed by atoms with E-state index in [1.54, 1.807) is 12.3 Å². The van der Waals surface area contributed by atoms with Crippen LogP contribution in [0.5, 0.6) is 0 Å². The molecule has 2 aromatic heterocycles. The lowest BCUT2D eigenvalue weighted by molar-refractivity contribution is 0.0696. The highest BCUT2D eigenvalue weighted by Crippen LogP contribution is 2.32. The predicted molar refractivity (Wildman–Crippen MR) is 96.8 cm³/mol. The van der Waals surface area contributed by atoms with Crippen LogP contribution in [0.2, 0.25) is 0 Å². The van der Waals surface area contributed by atoms with E-state index in [0.717, 1.165) is 21.9 Å². The number of anilines is 1. The highest BCUT2D eigenvalue weighted by Gasteiger charge is 2.19. The zero-order valence-electron chi connectivity index (χ0n) is 14.1. The maximum absolute atomic E-state index is 12.6. The zero-order chi connectivity index (χ0) is 18.4. The van der Waals surface area contributed by atoms with E-state index in [1.165, 1.54) is 24.3 Å². The molecule has 0 aliphatic heterocycles. The Balaban J connectivity index is 1.69. The molecule has 0 fully saturated rings. The van der Waals surface area contributed by atoms with Gasteiger partial charge in [0, 0.05) is 28.1 Å². The van der Waals surface area contributed by atoms with E-state index < -0.39 is 11.9 Å². The van der Waals surface area contributed by atoms with Crippen LogP contribution in [0.25, 0.3) is 21.9 Å². The average Bonchev–Trinajstić information content (AvgIpc) is 3.14. The Morgan fingerprint density at radius 1 is 1.00 bits per heavy atom. The van der Waals surface area contributed by atoms with Gasteiger partial charge in [-0.15, -0.1) is 0 Å². The minimum absolute atomic E-state index is 0.154. The van der Waals surface area contributed by atoms with Crippen LogP contribution in [0.1, 0.15) is 32.0 Å². The minimum Gasteiger partial charge on any atom is -0.478 e. The van der Waals surface area contributed by atoms with E-state index in [9.17, 15) is 9.59 Å². The number of rotatable bonds is 3. The Kier molecular flexibility index (Phi) is 3.54. The predicted octanol–water partition coefficient (Wildman–Crippen LogP) is 4.75. The largest absolute Gasteiger partial charge is 0.478 e. The van der Waals surface area contributed by atoms with E-state index >= 15 is 0 Å². The second-order valence-electron chi connectivity index (χ2n) is 6.16. The molecule has 0 aliphatic rings. The average molecular weight is 349 g/mol. The Labute approximate surface area is 148 Å². The summed E-state index contributed by atoms with van der Waals surface area (Å²) in [5.74, 6) is -1.20. The molecule has 0 atom stereocenters. The van der Waals surface area contributed by atoms with E-state index in [4.69, 9.17) is 13.9 Å². The topological polar surface area (TPSA) is 92.7 Å². The number of carboxylic acid groups (broad SMARTS) is 1. The van der Waals surface area contributed by atoms with Crippen LogP contribution >= 0.6 is 0 Å². The van der Waals surface area contributed by atoms with Crippen molar-refractivity contribution in [3.05, 3.63) is 65.1 Å². The van der Waals surface area contributed by atoms with E-state index in [1.807, 2.05) is 19.9 Å². The molecule has 0 aliphatic carbocycles. The van der Waals surface area contributed by atoms with E-state index in [-0.39, 0.29) is 11.3 Å². The third kappa shape index (κ3) is 2.52. The number of aromatic carboxylic acids is 1. The Morgan fingerprint density at radius 3 is 2.42 bits per heavy atom. The lowest BCUT2D eigenvalue weighted by Crippen LogP contribution is -2.12. The number of hydrogen-bond donors (Lipinski definition) is 2. The van der Waals surface area contributed by atoms with Gasteiger partial charge in [-0.1, -0.05) is 0 Å². The van der Waals surface area contributed by atoms with Gasteiger partial charge in [-0.2, -0.15) is 0 Å². The number of carboxylic acids is 1. The molecule has 0 spiro atoms. The number of nitrogens with one attached hydrogen (secondary N) is 1. The number of amides is 1. The molecule has 4 aromatic rings. The Hall–Kier alpha value is -3.54. The summed E-state index contributed by atoms with van der Waals surface area (Å²) >= 11 is 0. The van der Waals surface area contributed by atoms with Gasteiger partial charge < -0.3 is 19.3 Å². The summed E-state index contributed by atoms with van der Waals surface area (Å²) < 4.78 is 11.2. The van der Waals surface area contributed by atoms with E-state index in [0.29, 0.717) is 16.9 Å². The van der Waals surface area contributed by atoms with Gasteiger partial charge in [0.15, 0.2) is 5.76 Å². The maximum Gasteiger partial charge on any atom is 0.335 e. The quantitative estimate of drug-likeness (QED) is 0.557. The summed E-state index contributed by atoms with van der Waals surface area (Å²) in [6, 6.07) is 9.68. The fraction of sp³-hybridized carbons (Fsp3) is 0.100. The Bertz CT molecular complexity index is 1160. The summed E-state index contributed by atoms with van der Waals surface area (Å²) in [6.07, 6.45) is 1.69. The van der Waals surface area contributed by atoms with Crippen molar-refractivity contribution in [2.24, 2.45) is 0 Å². The van der Waals surface area contributed by atoms with Gasteiger partial charge >= 0.3 is 5.97 Å². The second kappa shape index (κ2) is 5.77. The molecule has 2 heterocycles. The van der Waals surface area contributed by atoms with Gasteiger partial charge in [-0.25, -0.2) is 4.79 Å². The normalized spacial score (nSPS) is 11.2. The molecule has 1 amide bonds. The van der Waals surface area contributed by atoms with Crippen LogP contribution in [0.3, 0.4) is 0 Å². The lowest BCUT2D eigenvalue weighted by atomic mass is 10.1. The summed E-state index contributed by atoms with van der Waals surface area (Å²) in [5.41, 5.74) is 3.69. The SMILES string of the molecule is Cc1coc2cc3oc(C(=O)Nc4ccc(C(=O)O)cc4)c(C)c3cc12. The van der Waals surface area contributed by atoms with Crippen LogP contribution in [0.4, 0.5) is 5.69 Å². The lowest BCUT2D eigenvalue weighted by Gasteiger charge is -2.04. The molecular weight excluding hydrogens is 334 g/mol. The number of carbonyl (C=O) groups is 2. The van der Waals surface area contributed by atoms with Crippen molar-refractivity contribution in [2.75, 3.05) is 5.32 Å². The summed E-state index contributed by atoms with van der Waals surface area (Å²) in [6.45, 7) is 3.79. The van der Waals surface area contributed by atoms with Crippen LogP contribution in [0.15, 0.2) is 51.5 Å². The first kappa shape index (κ1) is 16.0. The summed E-state index contributed by atoms with van der Waals surface area (Å²) in [7, 11) is 0. The molecule has 0 saturated heterocycles. The van der Waals surface area contributed by atoms with Gasteiger partial charge in [-0.3, -0.25) is 4.79 Å². The standard InChI is InChI=1S/C20H15NO5/c1-10-9-25-16-8-17-15(7-14(10)16)11(2)18(26-17)19(22)21-13-5-3-12(4-6-13)20(23)24/h3-9H,1-2H3,(H,21,22)(H,23,24). The summed E-state index contributed by atoms with van der Waals surface area (Å²) in [5, 5.41) is 13.5. The number of carbonyl (C=O) groups excluding carboxylic acids is 1. The first-order valence-electron chi connectivity index (χ1n) is 7.99. The highest BCUT2D eigenvalue weighted by molar-refractivity contribution is 6.08. The van der Waals surface area contributed by atoms with Crippen molar-refractivity contribution < 1.29 is 23.5 Å². The van der Waals surface area contributed by atoms with Gasteiger partial charge in [0.25, 0.3) is 5.91 Å². The number of hydrogen-bond acceptors (Lipinski definition) is 4. The van der Waals surface area contributed by atoms with Crippen molar-refractivity contribution >= 4 is 39.5 Å². The molecule has 4 rings (SSSR count). The molecular formula is C20H15NO5. The monoisotopic (exact) mass is 349 g/mol. The Morgan fingerprint density at radius 2 is 1.73 bits per heavy atom. The van der Waals surface area contributed by atoms with Crippen molar-refractivity contribution in [1.82, 2.24) is 0 Å². The fourth-order valence-electron chi connectivity index (χ4n) is 2.97. The first-order valence-corrected chi connectivity index (χ1v) is 7.99. The molecule has 130 valence electrons. The van der Waals surface area contributed by atoms with Crippen LogP contribution in [-0.2, 0) is 0 Å². The highest BCUT2D eigenvalue weighted by atomic mass is 16.4. The molecule has 2 N–H and O–H groups in total. The molecule has 2 aromatic carbocycles. The molecule has 6 heteroatoms. The number of fused-ring (bicyclic) bond motifs is 2. The van der Waals surface area contributed by atoms with Gasteiger partial charge in [-0.05, 0) is 49.7 Å². The molecule has 6 nitrogen and oxygen atoms in total. The van der Waals surface area contributed by atoms with Crippen LogP contribution < -0.4 is 5.32 Å². The van der Waals surface area contributed by atoms with Crippen molar-refractivity contribution in [2.45, 2.75) is 13.8 Å². The van der Waals surface area contributed by atoms with Crippen molar-refractivity contribution in [3.63, 3.8) is 0 Å². The van der Waals surface area contributed by atoms with Crippen molar-refractivity contribution in [3.8, 4) is 0 Å². The first-order chi connectivity index (χ1) is 12.4. The minimum atomic E-state index is -1.02. The third-order valence-electron chi connectivity index (χ3n) is 4.42. The smallest absolute Gasteiger partial charge is 0.335 e. The van der Waals surface area contributed by atoms with Crippen LogP contribution in [-0.4, -0.2) is 17.0 Å². The molecule has 26 heavy (non-hydrogen) atoms. The maximum atomic E-state index is 12.6. The third-order valence-corrected chi connectivity index (χ3v) is 4.42. The summed E-state index contributed by atoms with van der Waals surface area (Å²) in [4.78, 5) is 23.5. The van der Waals surface area contributed by atoms with Gasteiger partial charge in [0.2, 0.25) is 0 Å². The molecule has 0 bridgehead atoms. The van der Waals surface area contributed by atoms with Crippen LogP contribution in [0, 0.1) is 13.8 Å². The zero-order valence-corrected chi connectivity index (χ0v) is 14.1. The number of aryl methyl sites for hydroxylation is 2. The fourth-order valence-corrected chi connectivity index (χ4v) is 2.97.